The van der Waals surface area contributed by atoms with Crippen molar-refractivity contribution in [1.82, 2.24) is 10.3 Å². The molecule has 7 nitrogen and oxygen atoms in total. The number of aromatic nitrogens is 1. The number of carbonyl (C=O) groups is 2. The van der Waals surface area contributed by atoms with Crippen LogP contribution in [-0.4, -0.2) is 43.1 Å². The number of Topliss-reactive ketones (excluding diaryl/α,β-unsaturated/α-hetero) is 1. The van der Waals surface area contributed by atoms with Crippen molar-refractivity contribution in [2.45, 2.75) is 39.5 Å². The van der Waals surface area contributed by atoms with Crippen molar-refractivity contribution in [3.05, 3.63) is 52.6 Å². The minimum absolute atomic E-state index is 0.0429. The predicted octanol–water partition coefficient (Wildman–Crippen LogP) is 2.20. The van der Waals surface area contributed by atoms with Crippen LogP contribution < -0.4 is 11.1 Å². The van der Waals surface area contributed by atoms with Gasteiger partial charge in [-0.1, -0.05) is 19.9 Å². The van der Waals surface area contributed by atoms with Gasteiger partial charge in [-0.25, -0.2) is 4.79 Å². The zero-order valence-electron chi connectivity index (χ0n) is 17.3. The first kappa shape index (κ1) is 21.2. The lowest BCUT2D eigenvalue weighted by atomic mass is 9.69. The highest BCUT2D eigenvalue weighted by atomic mass is 16.5. The number of esters is 1. The summed E-state index contributed by atoms with van der Waals surface area (Å²) in [6, 6.07) is 3.69. The molecule has 0 spiro atoms. The lowest BCUT2D eigenvalue weighted by Crippen LogP contribution is -2.40. The maximum absolute atomic E-state index is 13.2. The van der Waals surface area contributed by atoms with Crippen LogP contribution in [0.5, 0.6) is 0 Å². The molecule has 3 N–H and O–H groups in total. The van der Waals surface area contributed by atoms with Crippen molar-refractivity contribution >= 4 is 11.8 Å². The van der Waals surface area contributed by atoms with Crippen LogP contribution in [0.3, 0.4) is 0 Å². The summed E-state index contributed by atoms with van der Waals surface area (Å²) >= 11 is 0. The summed E-state index contributed by atoms with van der Waals surface area (Å²) in [6.07, 6.45) is 4.51. The summed E-state index contributed by atoms with van der Waals surface area (Å²) in [5.74, 6) is -0.940. The number of nitrogens with zero attached hydrogens (tertiary/aromatic N) is 1. The van der Waals surface area contributed by atoms with Gasteiger partial charge in [0, 0.05) is 42.5 Å². The summed E-state index contributed by atoms with van der Waals surface area (Å²) in [4.78, 5) is 30.4. The van der Waals surface area contributed by atoms with Crippen LogP contribution in [0.2, 0.25) is 0 Å². The highest BCUT2D eigenvalue weighted by Gasteiger charge is 2.43. The Labute approximate surface area is 171 Å². The Morgan fingerprint density at radius 3 is 2.83 bits per heavy atom. The van der Waals surface area contributed by atoms with Gasteiger partial charge in [0.2, 0.25) is 0 Å². The van der Waals surface area contributed by atoms with Crippen LogP contribution in [0, 0.1) is 5.41 Å². The molecule has 156 valence electrons. The first-order valence-electron chi connectivity index (χ1n) is 9.99. The van der Waals surface area contributed by atoms with Gasteiger partial charge in [-0.15, -0.1) is 0 Å². The van der Waals surface area contributed by atoms with Gasteiger partial charge in [-0.2, -0.15) is 0 Å². The van der Waals surface area contributed by atoms with Crippen molar-refractivity contribution in [3.8, 4) is 0 Å². The molecule has 29 heavy (non-hydrogen) atoms. The normalized spacial score (nSPS) is 21.0. The Bertz CT molecular complexity index is 843. The molecule has 1 aromatic rings. The molecular weight excluding hydrogens is 370 g/mol. The number of rotatable bonds is 7. The van der Waals surface area contributed by atoms with Crippen LogP contribution in [0.4, 0.5) is 0 Å². The Balaban J connectivity index is 2.14. The number of hydrogen-bond donors (Lipinski definition) is 2. The molecule has 3 rings (SSSR count). The Hall–Kier alpha value is -2.51. The van der Waals surface area contributed by atoms with Gasteiger partial charge in [-0.05, 0) is 30.4 Å². The number of allylic oxidation sites excluding steroid dienone is 2. The van der Waals surface area contributed by atoms with E-state index in [-0.39, 0.29) is 24.4 Å². The van der Waals surface area contributed by atoms with Crippen molar-refractivity contribution in [2.75, 3.05) is 26.4 Å². The molecule has 0 amide bonds. The van der Waals surface area contributed by atoms with Crippen molar-refractivity contribution in [1.29, 1.82) is 0 Å². The third-order valence-electron chi connectivity index (χ3n) is 5.15. The van der Waals surface area contributed by atoms with E-state index in [1.54, 1.807) is 19.3 Å². The van der Waals surface area contributed by atoms with Crippen molar-refractivity contribution < 1.29 is 19.1 Å². The van der Waals surface area contributed by atoms with Crippen LogP contribution in [0.25, 0.3) is 0 Å². The molecule has 2 heterocycles. The highest BCUT2D eigenvalue weighted by Crippen LogP contribution is 2.46. The molecule has 0 aromatic carbocycles. The molecule has 0 unspecified atom stereocenters. The molecule has 0 fully saturated rings. The number of nitrogens with two attached hydrogens (primary N) is 1. The van der Waals surface area contributed by atoms with E-state index in [4.69, 9.17) is 15.2 Å². The van der Waals surface area contributed by atoms with E-state index in [0.29, 0.717) is 42.8 Å². The summed E-state index contributed by atoms with van der Waals surface area (Å²) in [5, 5.41) is 3.34. The quantitative estimate of drug-likeness (QED) is 0.535. The first-order valence-corrected chi connectivity index (χ1v) is 9.99. The molecule has 0 bridgehead atoms. The lowest BCUT2D eigenvalue weighted by molar-refractivity contribution is -0.139. The van der Waals surface area contributed by atoms with Gasteiger partial charge >= 0.3 is 5.97 Å². The van der Waals surface area contributed by atoms with Crippen molar-refractivity contribution in [3.63, 3.8) is 0 Å². The van der Waals surface area contributed by atoms with Gasteiger partial charge in [0.25, 0.3) is 0 Å². The Kier molecular flexibility index (Phi) is 6.49. The molecule has 1 aliphatic heterocycles. The average Bonchev–Trinajstić information content (AvgIpc) is 2.67. The third kappa shape index (κ3) is 4.57. The molecule has 7 heteroatoms. The second kappa shape index (κ2) is 8.88. The monoisotopic (exact) mass is 399 g/mol. The zero-order valence-corrected chi connectivity index (χ0v) is 17.3. The number of pyridine rings is 1. The number of dihydropyridines is 1. The maximum Gasteiger partial charge on any atom is 0.336 e. The molecule has 1 aromatic heterocycles. The van der Waals surface area contributed by atoms with Crippen LogP contribution in [-0.2, 0) is 19.1 Å². The fraction of sp³-hybridized carbons (Fsp3) is 0.500. The van der Waals surface area contributed by atoms with Gasteiger partial charge in [-0.3, -0.25) is 9.78 Å². The van der Waals surface area contributed by atoms with Gasteiger partial charge in [0.1, 0.15) is 0 Å². The molecule has 0 saturated carbocycles. The standard InChI is InChI=1S/C22H29N3O4/c1-4-29-21(27)20-16(13-28-9-7-23)25-15-10-22(2,3)11-17(26)19(15)18(20)14-6-5-8-24-12-14/h5-6,8,12,18,25H,4,7,9-11,13,23H2,1-3H3/t18-/m1/s1. The second-order valence-corrected chi connectivity index (χ2v) is 8.13. The van der Waals surface area contributed by atoms with E-state index in [1.807, 2.05) is 12.1 Å². The van der Waals surface area contributed by atoms with E-state index in [2.05, 4.69) is 24.1 Å². The van der Waals surface area contributed by atoms with E-state index in [1.165, 1.54) is 0 Å². The van der Waals surface area contributed by atoms with Crippen molar-refractivity contribution in [2.24, 2.45) is 11.1 Å². The molecule has 1 atom stereocenters. The molecule has 2 aliphatic rings. The molecular formula is C22H29N3O4. The highest BCUT2D eigenvalue weighted by molar-refractivity contribution is 6.04. The summed E-state index contributed by atoms with van der Waals surface area (Å²) in [6.45, 7) is 7.09. The number of ether oxygens (including phenoxy) is 2. The molecule has 0 saturated heterocycles. The summed E-state index contributed by atoms with van der Waals surface area (Å²) in [5.41, 5.74) is 8.68. The fourth-order valence-electron chi connectivity index (χ4n) is 4.05. The smallest absolute Gasteiger partial charge is 0.336 e. The Morgan fingerprint density at radius 1 is 1.38 bits per heavy atom. The third-order valence-corrected chi connectivity index (χ3v) is 5.15. The van der Waals surface area contributed by atoms with E-state index >= 15 is 0 Å². The minimum atomic E-state index is -0.529. The van der Waals surface area contributed by atoms with Crippen LogP contribution >= 0.6 is 0 Å². The first-order chi connectivity index (χ1) is 13.9. The largest absolute Gasteiger partial charge is 0.463 e. The van der Waals surface area contributed by atoms with E-state index in [0.717, 1.165) is 11.3 Å². The number of carbonyl (C=O) groups excluding carboxylic acids is 2. The number of hydrogen-bond acceptors (Lipinski definition) is 7. The van der Waals surface area contributed by atoms with Crippen LogP contribution in [0.1, 0.15) is 45.1 Å². The zero-order chi connectivity index (χ0) is 21.0. The van der Waals surface area contributed by atoms with Crippen LogP contribution in [0.15, 0.2) is 47.1 Å². The second-order valence-electron chi connectivity index (χ2n) is 8.13. The predicted molar refractivity (Wildman–Crippen MR) is 109 cm³/mol. The number of ketones is 1. The van der Waals surface area contributed by atoms with Gasteiger partial charge < -0.3 is 20.5 Å². The molecule has 0 radical (unpaired) electrons. The number of nitrogens with one attached hydrogen (secondary N) is 1. The SMILES string of the molecule is CCOC(=O)C1=C(COCCN)NC2=C(C(=O)CC(C)(C)C2)[C@H]1c1cccnc1. The van der Waals surface area contributed by atoms with Gasteiger partial charge in [0.15, 0.2) is 5.78 Å². The average molecular weight is 399 g/mol. The summed E-state index contributed by atoms with van der Waals surface area (Å²) < 4.78 is 11.0. The lowest BCUT2D eigenvalue weighted by Gasteiger charge is -2.39. The fourth-order valence-corrected chi connectivity index (χ4v) is 4.05. The topological polar surface area (TPSA) is 104 Å². The summed E-state index contributed by atoms with van der Waals surface area (Å²) in [7, 11) is 0. The van der Waals surface area contributed by atoms with E-state index < -0.39 is 11.9 Å². The van der Waals surface area contributed by atoms with Gasteiger partial charge in [0.05, 0.1) is 31.1 Å². The maximum atomic E-state index is 13.2. The minimum Gasteiger partial charge on any atom is -0.463 e. The Morgan fingerprint density at radius 2 is 2.17 bits per heavy atom. The molecule has 1 aliphatic carbocycles. The van der Waals surface area contributed by atoms with E-state index in [9.17, 15) is 9.59 Å².